The summed E-state index contributed by atoms with van der Waals surface area (Å²) in [5.74, 6) is -2.43. The first-order chi connectivity index (χ1) is 16.6. The van der Waals surface area contributed by atoms with Crippen LogP contribution in [0.4, 0.5) is 8.78 Å². The highest BCUT2D eigenvalue weighted by Crippen LogP contribution is 2.37. The highest BCUT2D eigenvalue weighted by Gasteiger charge is 2.36. The van der Waals surface area contributed by atoms with Gasteiger partial charge < -0.3 is 19.7 Å². The Labute approximate surface area is 203 Å². The molecular formula is C25H21ClF2N2O5. The molecule has 0 unspecified atom stereocenters. The zero-order chi connectivity index (χ0) is 25.5. The van der Waals surface area contributed by atoms with Crippen molar-refractivity contribution in [2.75, 3.05) is 13.2 Å². The molecule has 182 valence electrons. The van der Waals surface area contributed by atoms with Crippen molar-refractivity contribution in [2.24, 2.45) is 0 Å². The number of aryl methyl sites for hydroxylation is 2. The number of halogens is 3. The molecule has 7 nitrogen and oxygen atoms in total. The first-order valence-electron chi connectivity index (χ1n) is 10.5. The molecule has 0 saturated heterocycles. The molecule has 0 atom stereocenters. The van der Waals surface area contributed by atoms with Crippen LogP contribution in [0.3, 0.4) is 0 Å². The van der Waals surface area contributed by atoms with Crippen molar-refractivity contribution in [3.8, 4) is 28.3 Å². The summed E-state index contributed by atoms with van der Waals surface area (Å²) in [5, 5.41) is 30.2. The van der Waals surface area contributed by atoms with Gasteiger partial charge in [-0.3, -0.25) is 9.36 Å². The van der Waals surface area contributed by atoms with Gasteiger partial charge in [0.1, 0.15) is 17.3 Å². The molecule has 2 heterocycles. The van der Waals surface area contributed by atoms with Crippen molar-refractivity contribution in [3.63, 3.8) is 0 Å². The number of hydrogen-bond acceptors (Lipinski definition) is 6. The van der Waals surface area contributed by atoms with E-state index in [2.05, 4.69) is 4.98 Å². The van der Waals surface area contributed by atoms with Gasteiger partial charge in [0.15, 0.2) is 11.4 Å². The van der Waals surface area contributed by atoms with Crippen LogP contribution in [0, 0.1) is 25.5 Å². The minimum Gasteiger partial charge on any atom is -0.437 e. The molecular weight excluding hydrogens is 482 g/mol. The highest BCUT2D eigenvalue weighted by molar-refractivity contribution is 6.30. The van der Waals surface area contributed by atoms with Crippen LogP contribution in [0.15, 0.2) is 57.9 Å². The zero-order valence-electron chi connectivity index (χ0n) is 18.7. The van der Waals surface area contributed by atoms with Gasteiger partial charge in [0.25, 0.3) is 5.56 Å². The smallest absolute Gasteiger partial charge is 0.255 e. The number of aliphatic hydroxyl groups excluding tert-OH is 2. The molecule has 4 aromatic rings. The zero-order valence-corrected chi connectivity index (χ0v) is 19.5. The largest absolute Gasteiger partial charge is 0.437 e. The Morgan fingerprint density at radius 1 is 1.06 bits per heavy atom. The molecule has 3 N–H and O–H groups in total. The molecule has 35 heavy (non-hydrogen) atoms. The molecule has 0 amide bonds. The third kappa shape index (κ3) is 4.51. The maximum atomic E-state index is 14.7. The molecule has 0 aliphatic rings. The van der Waals surface area contributed by atoms with E-state index in [0.29, 0.717) is 22.3 Å². The van der Waals surface area contributed by atoms with E-state index in [4.69, 9.17) is 16.0 Å². The van der Waals surface area contributed by atoms with Crippen LogP contribution in [0.25, 0.3) is 28.3 Å². The summed E-state index contributed by atoms with van der Waals surface area (Å²) in [4.78, 5) is 17.0. The first kappa shape index (κ1) is 24.7. The van der Waals surface area contributed by atoms with Gasteiger partial charge >= 0.3 is 0 Å². The summed E-state index contributed by atoms with van der Waals surface area (Å²) in [6, 6.07) is 8.95. The van der Waals surface area contributed by atoms with Crippen molar-refractivity contribution in [1.82, 2.24) is 9.55 Å². The van der Waals surface area contributed by atoms with Crippen LogP contribution < -0.4 is 5.56 Å². The minimum atomic E-state index is -2.26. The van der Waals surface area contributed by atoms with Crippen molar-refractivity contribution >= 4 is 11.6 Å². The predicted octanol–water partition coefficient (Wildman–Crippen LogP) is 3.88. The maximum Gasteiger partial charge on any atom is 0.255 e. The van der Waals surface area contributed by atoms with Crippen LogP contribution in [0.5, 0.6) is 0 Å². The van der Waals surface area contributed by atoms with Crippen LogP contribution in [-0.2, 0) is 5.60 Å². The predicted molar refractivity (Wildman–Crippen MR) is 125 cm³/mol. The van der Waals surface area contributed by atoms with Crippen molar-refractivity contribution in [1.29, 1.82) is 0 Å². The van der Waals surface area contributed by atoms with E-state index in [-0.39, 0.29) is 22.6 Å². The van der Waals surface area contributed by atoms with E-state index in [9.17, 15) is 28.9 Å². The molecule has 0 aliphatic carbocycles. The number of rotatable bonds is 6. The molecule has 0 fully saturated rings. The molecule has 0 bridgehead atoms. The third-order valence-corrected chi connectivity index (χ3v) is 5.82. The molecule has 4 rings (SSSR count). The van der Waals surface area contributed by atoms with Crippen LogP contribution in [0.1, 0.15) is 17.0 Å². The fourth-order valence-corrected chi connectivity index (χ4v) is 4.17. The summed E-state index contributed by atoms with van der Waals surface area (Å²) in [6.07, 6.45) is 1.47. The second-order valence-electron chi connectivity index (χ2n) is 8.18. The molecule has 2 aromatic heterocycles. The maximum absolute atomic E-state index is 14.7. The minimum absolute atomic E-state index is 0.00357. The van der Waals surface area contributed by atoms with Crippen LogP contribution in [-0.4, -0.2) is 38.1 Å². The number of oxazole rings is 1. The standard InChI is InChI=1S/C25H21ClF2N2O5/c1-13-7-16(26)8-14(2)22(13)30-10-15(3-6-20(30)33)21-23(18-5-4-17(27)9-19(18)28)35-24(29-21)25(34,11-31)12-32/h3-10,31-32,34H,11-12H2,1-2H3. The molecule has 0 saturated carbocycles. The van der Waals surface area contributed by atoms with Crippen molar-refractivity contribution in [3.05, 3.63) is 92.7 Å². The van der Waals surface area contributed by atoms with E-state index in [1.807, 2.05) is 0 Å². The molecule has 10 heteroatoms. The Morgan fingerprint density at radius 2 is 1.71 bits per heavy atom. The van der Waals surface area contributed by atoms with Gasteiger partial charge in [-0.05, 0) is 55.3 Å². The molecule has 2 aromatic carbocycles. The van der Waals surface area contributed by atoms with Gasteiger partial charge in [0, 0.05) is 28.9 Å². The van der Waals surface area contributed by atoms with Crippen LogP contribution in [0.2, 0.25) is 5.02 Å². The molecule has 0 spiro atoms. The lowest BCUT2D eigenvalue weighted by Gasteiger charge is -2.18. The van der Waals surface area contributed by atoms with Gasteiger partial charge in [-0.25, -0.2) is 13.8 Å². The van der Waals surface area contributed by atoms with E-state index in [1.54, 1.807) is 26.0 Å². The highest BCUT2D eigenvalue weighted by atomic mass is 35.5. The summed E-state index contributed by atoms with van der Waals surface area (Å²) in [7, 11) is 0. The lowest BCUT2D eigenvalue weighted by Crippen LogP contribution is -2.34. The number of hydrogen-bond donors (Lipinski definition) is 3. The Kier molecular flexibility index (Phi) is 6.61. The topological polar surface area (TPSA) is 109 Å². The Bertz CT molecular complexity index is 1450. The van der Waals surface area contributed by atoms with Gasteiger partial charge in [0.2, 0.25) is 5.89 Å². The number of aromatic nitrogens is 2. The fraction of sp³-hybridized carbons (Fsp3) is 0.200. The Hall–Kier alpha value is -3.37. The second kappa shape index (κ2) is 9.35. The number of nitrogens with zero attached hydrogens (tertiary/aromatic N) is 2. The van der Waals surface area contributed by atoms with Crippen molar-refractivity contribution < 1.29 is 28.5 Å². The average Bonchev–Trinajstić information content (AvgIpc) is 3.25. The lowest BCUT2D eigenvalue weighted by molar-refractivity contribution is -0.0772. The number of pyridine rings is 1. The lowest BCUT2D eigenvalue weighted by atomic mass is 10.1. The fourth-order valence-electron chi connectivity index (χ4n) is 3.84. The van der Waals surface area contributed by atoms with Crippen LogP contribution >= 0.6 is 11.6 Å². The average molecular weight is 503 g/mol. The molecule has 0 aliphatic heterocycles. The number of aliphatic hydroxyl groups is 3. The summed E-state index contributed by atoms with van der Waals surface area (Å²) < 4.78 is 35.2. The SMILES string of the molecule is Cc1cc(Cl)cc(C)c1-n1cc(-c2nc(C(O)(CO)CO)oc2-c2ccc(F)cc2F)ccc1=O. The summed E-state index contributed by atoms with van der Waals surface area (Å²) in [6.45, 7) is 1.72. The van der Waals surface area contributed by atoms with Gasteiger partial charge in [0.05, 0.1) is 24.5 Å². The van der Waals surface area contributed by atoms with E-state index in [0.717, 1.165) is 23.3 Å². The van der Waals surface area contributed by atoms with Gasteiger partial charge in [-0.1, -0.05) is 11.6 Å². The Balaban J connectivity index is 1.99. The third-order valence-electron chi connectivity index (χ3n) is 5.61. The normalized spacial score (nSPS) is 11.8. The molecule has 0 radical (unpaired) electrons. The summed E-state index contributed by atoms with van der Waals surface area (Å²) >= 11 is 6.13. The first-order valence-corrected chi connectivity index (χ1v) is 10.9. The quantitative estimate of drug-likeness (QED) is 0.369. The second-order valence-corrected chi connectivity index (χ2v) is 8.62. The summed E-state index contributed by atoms with van der Waals surface area (Å²) in [5.41, 5.74) is -0.445. The van der Waals surface area contributed by atoms with E-state index >= 15 is 0 Å². The monoisotopic (exact) mass is 502 g/mol. The van der Waals surface area contributed by atoms with E-state index in [1.165, 1.54) is 22.9 Å². The van der Waals surface area contributed by atoms with Gasteiger partial charge in [-0.15, -0.1) is 0 Å². The van der Waals surface area contributed by atoms with Crippen molar-refractivity contribution in [2.45, 2.75) is 19.4 Å². The Morgan fingerprint density at radius 3 is 2.31 bits per heavy atom. The number of benzene rings is 2. The van der Waals surface area contributed by atoms with E-state index < -0.39 is 36.3 Å². The van der Waals surface area contributed by atoms with Gasteiger partial charge in [-0.2, -0.15) is 0 Å².